The Morgan fingerprint density at radius 3 is 2.56 bits per heavy atom. The van der Waals surface area contributed by atoms with E-state index in [9.17, 15) is 9.59 Å². The number of carbonyl (C=O) groups excluding carboxylic acids is 2. The third kappa shape index (κ3) is 4.04. The van der Waals surface area contributed by atoms with Gasteiger partial charge in [0.1, 0.15) is 0 Å². The molecule has 34 heavy (non-hydrogen) atoms. The fraction of sp³-hybridized carbons (Fsp3) is 0.111. The van der Waals surface area contributed by atoms with E-state index in [0.717, 1.165) is 22.5 Å². The normalized spacial score (nSPS) is 14.5. The lowest BCUT2D eigenvalue weighted by Crippen LogP contribution is -2.38. The van der Waals surface area contributed by atoms with Gasteiger partial charge in [0.2, 0.25) is 0 Å². The molecule has 0 saturated carbocycles. The van der Waals surface area contributed by atoms with Crippen LogP contribution in [0.1, 0.15) is 33.2 Å². The number of hydrogen-bond acceptors (Lipinski definition) is 3. The molecule has 1 N–H and O–H groups in total. The van der Waals surface area contributed by atoms with Crippen LogP contribution in [0.4, 0.5) is 10.5 Å². The summed E-state index contributed by atoms with van der Waals surface area (Å²) in [5.74, 6) is -0.461. The molecule has 0 bridgehead atoms. The van der Waals surface area contributed by atoms with Gasteiger partial charge >= 0.3 is 12.0 Å². The molecule has 1 unspecified atom stereocenters. The topological polar surface area (TPSA) is 63.6 Å². The van der Waals surface area contributed by atoms with Crippen LogP contribution in [0, 0.1) is 0 Å². The van der Waals surface area contributed by atoms with E-state index >= 15 is 0 Å². The van der Waals surface area contributed by atoms with E-state index in [0.29, 0.717) is 22.8 Å². The van der Waals surface area contributed by atoms with Crippen LogP contribution in [-0.4, -0.2) is 28.6 Å². The lowest BCUT2D eigenvalue weighted by atomic mass is 10.0. The molecule has 1 aliphatic rings. The molecule has 4 aromatic rings. The molecule has 7 heteroatoms. The smallest absolute Gasteiger partial charge is 0.337 e. The Morgan fingerprint density at radius 2 is 1.76 bits per heavy atom. The van der Waals surface area contributed by atoms with Gasteiger partial charge in [0.25, 0.3) is 0 Å². The van der Waals surface area contributed by atoms with E-state index in [4.69, 9.17) is 16.3 Å². The average Bonchev–Trinajstić information content (AvgIpc) is 3.29. The van der Waals surface area contributed by atoms with Crippen LogP contribution >= 0.6 is 11.6 Å². The van der Waals surface area contributed by atoms with Crippen molar-refractivity contribution in [3.8, 4) is 5.69 Å². The number of amides is 2. The summed E-state index contributed by atoms with van der Waals surface area (Å²) in [7, 11) is 1.33. The molecule has 2 heterocycles. The Kier molecular flexibility index (Phi) is 5.82. The maximum Gasteiger partial charge on any atom is 0.337 e. The molecule has 5 rings (SSSR count). The number of carbonyl (C=O) groups is 2. The lowest BCUT2D eigenvalue weighted by Gasteiger charge is -2.31. The quantitative estimate of drug-likeness (QED) is 0.370. The number of esters is 1. The van der Waals surface area contributed by atoms with Crippen molar-refractivity contribution in [1.29, 1.82) is 0 Å². The number of hydrogen-bond donors (Lipinski definition) is 1. The summed E-state index contributed by atoms with van der Waals surface area (Å²) in [6.45, 7) is 0.397. The van der Waals surface area contributed by atoms with Gasteiger partial charge in [-0.2, -0.15) is 0 Å². The highest BCUT2D eigenvalue weighted by Crippen LogP contribution is 2.37. The van der Waals surface area contributed by atoms with Crippen molar-refractivity contribution < 1.29 is 14.3 Å². The van der Waals surface area contributed by atoms with Gasteiger partial charge in [0.05, 0.1) is 30.9 Å². The zero-order valence-corrected chi connectivity index (χ0v) is 19.2. The van der Waals surface area contributed by atoms with Crippen molar-refractivity contribution >= 4 is 29.3 Å². The van der Waals surface area contributed by atoms with E-state index in [1.807, 2.05) is 60.8 Å². The van der Waals surface area contributed by atoms with Crippen molar-refractivity contribution in [3.63, 3.8) is 0 Å². The van der Waals surface area contributed by atoms with Crippen molar-refractivity contribution in [3.05, 3.63) is 119 Å². The zero-order chi connectivity index (χ0) is 23.7. The highest BCUT2D eigenvalue weighted by atomic mass is 35.5. The van der Waals surface area contributed by atoms with Crippen molar-refractivity contribution in [1.82, 2.24) is 9.47 Å². The fourth-order valence-corrected chi connectivity index (χ4v) is 4.50. The summed E-state index contributed by atoms with van der Waals surface area (Å²) in [5, 5.41) is 3.60. The van der Waals surface area contributed by atoms with Crippen LogP contribution in [0.3, 0.4) is 0 Å². The lowest BCUT2D eigenvalue weighted by molar-refractivity contribution is 0.0600. The summed E-state index contributed by atoms with van der Waals surface area (Å²) in [4.78, 5) is 27.5. The largest absolute Gasteiger partial charge is 0.465 e. The van der Waals surface area contributed by atoms with Gasteiger partial charge in [-0.1, -0.05) is 48.0 Å². The number of halogens is 1. The van der Waals surface area contributed by atoms with Gasteiger partial charge in [-0.15, -0.1) is 0 Å². The number of ether oxygens (including phenoxy) is 1. The maximum absolute atomic E-state index is 13.7. The van der Waals surface area contributed by atoms with E-state index < -0.39 is 5.97 Å². The number of nitrogens with one attached hydrogen (secondary N) is 1. The predicted molar refractivity (Wildman–Crippen MR) is 131 cm³/mol. The average molecular weight is 472 g/mol. The van der Waals surface area contributed by atoms with Gasteiger partial charge in [-0.05, 0) is 59.7 Å². The van der Waals surface area contributed by atoms with Gasteiger partial charge in [0, 0.05) is 22.6 Å². The van der Waals surface area contributed by atoms with E-state index in [2.05, 4.69) is 16.0 Å². The Balaban J connectivity index is 1.58. The second-order valence-electron chi connectivity index (χ2n) is 8.02. The van der Waals surface area contributed by atoms with E-state index in [1.54, 1.807) is 29.2 Å². The van der Waals surface area contributed by atoms with Crippen LogP contribution in [-0.2, 0) is 11.3 Å². The van der Waals surface area contributed by atoms with E-state index in [1.165, 1.54) is 7.11 Å². The van der Waals surface area contributed by atoms with Gasteiger partial charge in [-0.25, -0.2) is 9.59 Å². The summed E-state index contributed by atoms with van der Waals surface area (Å²) in [6, 6.07) is 25.7. The monoisotopic (exact) mass is 471 g/mol. The minimum absolute atomic E-state index is 0.286. The number of nitrogens with zero attached hydrogens (tertiary/aromatic N) is 2. The van der Waals surface area contributed by atoms with Gasteiger partial charge in [0.15, 0.2) is 0 Å². The fourth-order valence-electron chi connectivity index (χ4n) is 4.37. The molecule has 1 aliphatic heterocycles. The van der Waals surface area contributed by atoms with E-state index in [-0.39, 0.29) is 12.1 Å². The molecule has 0 aliphatic carbocycles. The molecule has 0 fully saturated rings. The summed E-state index contributed by atoms with van der Waals surface area (Å²) < 4.78 is 6.93. The number of methoxy groups -OCH3 is 1. The first kappa shape index (κ1) is 21.8. The van der Waals surface area contributed by atoms with Crippen LogP contribution in [0.15, 0.2) is 91.1 Å². The first-order valence-corrected chi connectivity index (χ1v) is 11.2. The van der Waals surface area contributed by atoms with Gasteiger partial charge < -0.3 is 19.5 Å². The van der Waals surface area contributed by atoms with Crippen LogP contribution < -0.4 is 5.32 Å². The Morgan fingerprint density at radius 1 is 0.971 bits per heavy atom. The number of fused-ring (bicyclic) bond motifs is 3. The molecule has 0 spiro atoms. The first-order chi connectivity index (χ1) is 16.5. The number of urea groups is 1. The zero-order valence-electron chi connectivity index (χ0n) is 18.4. The summed E-state index contributed by atoms with van der Waals surface area (Å²) in [6.07, 6.45) is 2.01. The molecule has 1 atom stereocenters. The highest BCUT2D eigenvalue weighted by molar-refractivity contribution is 6.30. The minimum atomic E-state index is -0.461. The predicted octanol–water partition coefficient (Wildman–Crippen LogP) is 6.05. The molecule has 170 valence electrons. The SMILES string of the molecule is COC(=O)c1cccc(NC(=O)N2Cc3ccccc3-n3cccc3C2c2ccc(Cl)cc2)c1. The van der Waals surface area contributed by atoms with Crippen LogP contribution in [0.25, 0.3) is 5.69 Å². The third-order valence-electron chi connectivity index (χ3n) is 5.95. The van der Waals surface area contributed by atoms with Crippen molar-refractivity contribution in [2.75, 3.05) is 12.4 Å². The second-order valence-corrected chi connectivity index (χ2v) is 8.45. The molecule has 0 radical (unpaired) electrons. The summed E-state index contributed by atoms with van der Waals surface area (Å²) in [5.41, 5.74) is 4.83. The number of benzene rings is 3. The standard InChI is InChI=1S/C27H22ClN3O3/c1-34-26(32)19-7-4-8-22(16-19)29-27(33)31-17-20-6-2-3-9-23(20)30-15-5-10-24(30)25(31)18-11-13-21(28)14-12-18/h2-16,25H,17H2,1H3,(H,29,33). The number of anilines is 1. The number of aromatic nitrogens is 1. The number of rotatable bonds is 3. The van der Waals surface area contributed by atoms with Gasteiger partial charge in [-0.3, -0.25) is 0 Å². The van der Waals surface area contributed by atoms with Crippen molar-refractivity contribution in [2.45, 2.75) is 12.6 Å². The Bertz CT molecular complexity index is 1360. The molecule has 0 saturated heterocycles. The Labute approximate surface area is 202 Å². The van der Waals surface area contributed by atoms with Crippen molar-refractivity contribution in [2.24, 2.45) is 0 Å². The molecule has 2 amide bonds. The minimum Gasteiger partial charge on any atom is -0.465 e. The first-order valence-electron chi connectivity index (χ1n) is 10.8. The number of para-hydroxylation sites is 1. The molecule has 1 aromatic heterocycles. The third-order valence-corrected chi connectivity index (χ3v) is 6.20. The summed E-state index contributed by atoms with van der Waals surface area (Å²) >= 11 is 6.16. The molecular weight excluding hydrogens is 450 g/mol. The molecular formula is C27H22ClN3O3. The molecule has 3 aromatic carbocycles. The second kappa shape index (κ2) is 9.08. The molecule has 6 nitrogen and oxygen atoms in total. The Hall–Kier alpha value is -4.03. The highest BCUT2D eigenvalue weighted by Gasteiger charge is 2.33. The maximum atomic E-state index is 13.7. The van der Waals surface area contributed by atoms with Crippen LogP contribution in [0.2, 0.25) is 5.02 Å². The van der Waals surface area contributed by atoms with Crippen LogP contribution in [0.5, 0.6) is 0 Å².